The number of hydrogen-bond acceptors (Lipinski definition) is 3. The fourth-order valence-electron chi connectivity index (χ4n) is 2.32. The molecule has 1 aromatic carbocycles. The molecule has 0 unspecified atom stereocenters. The molecule has 112 valence electrons. The first kappa shape index (κ1) is 15.2. The molecule has 4 nitrogen and oxygen atoms in total. The van der Waals surface area contributed by atoms with E-state index in [-0.39, 0.29) is 11.2 Å². The van der Waals surface area contributed by atoms with E-state index in [2.05, 4.69) is 32.2 Å². The van der Waals surface area contributed by atoms with E-state index >= 15 is 0 Å². The van der Waals surface area contributed by atoms with E-state index in [1.807, 2.05) is 18.2 Å². The maximum absolute atomic E-state index is 11.0. The van der Waals surface area contributed by atoms with Crippen molar-refractivity contribution in [2.24, 2.45) is 0 Å². The number of nitrogens with one attached hydrogen (secondary N) is 1. The number of furan rings is 1. The number of hydrogen-bond donors (Lipinski definition) is 2. The summed E-state index contributed by atoms with van der Waals surface area (Å²) in [5, 5.41) is 12.3. The number of anilines is 1. The molecule has 4 heteroatoms. The van der Waals surface area contributed by atoms with Gasteiger partial charge in [0.15, 0.2) is 0 Å². The highest BCUT2D eigenvalue weighted by atomic mass is 16.4. The van der Waals surface area contributed by atoms with Crippen molar-refractivity contribution in [3.8, 4) is 0 Å². The van der Waals surface area contributed by atoms with Gasteiger partial charge in [0, 0.05) is 11.3 Å². The molecule has 2 rings (SSSR count). The monoisotopic (exact) mass is 287 g/mol. The van der Waals surface area contributed by atoms with Crippen molar-refractivity contribution in [2.75, 3.05) is 5.32 Å². The zero-order valence-corrected chi connectivity index (χ0v) is 12.9. The molecule has 0 radical (unpaired) electrons. The van der Waals surface area contributed by atoms with Gasteiger partial charge in [-0.15, -0.1) is 0 Å². The predicted molar refractivity (Wildman–Crippen MR) is 82.9 cm³/mol. The van der Waals surface area contributed by atoms with Crippen LogP contribution in [-0.4, -0.2) is 11.1 Å². The second-order valence-corrected chi connectivity index (χ2v) is 6.18. The third-order valence-electron chi connectivity index (χ3n) is 3.35. The molecule has 0 aliphatic carbocycles. The third kappa shape index (κ3) is 3.45. The van der Waals surface area contributed by atoms with Gasteiger partial charge in [-0.25, -0.2) is 4.79 Å². The smallest absolute Gasteiger partial charge is 0.372 e. The Labute approximate surface area is 124 Å². The number of benzene rings is 1. The topological polar surface area (TPSA) is 62.5 Å². The molecular weight excluding hydrogens is 266 g/mol. The van der Waals surface area contributed by atoms with E-state index in [0.29, 0.717) is 17.9 Å². The second kappa shape index (κ2) is 5.64. The first-order chi connectivity index (χ1) is 9.79. The fraction of sp³-hybridized carbons (Fsp3) is 0.353. The third-order valence-corrected chi connectivity index (χ3v) is 3.35. The van der Waals surface area contributed by atoms with Crippen molar-refractivity contribution in [3.05, 3.63) is 53.0 Å². The van der Waals surface area contributed by atoms with E-state index < -0.39 is 5.97 Å². The molecule has 1 aromatic heterocycles. The summed E-state index contributed by atoms with van der Waals surface area (Å²) in [5.41, 5.74) is 2.93. The summed E-state index contributed by atoms with van der Waals surface area (Å²) >= 11 is 0. The van der Waals surface area contributed by atoms with E-state index in [1.54, 1.807) is 13.0 Å². The van der Waals surface area contributed by atoms with Crippen LogP contribution in [0.15, 0.2) is 34.7 Å². The lowest BCUT2D eigenvalue weighted by molar-refractivity contribution is 0.0659. The summed E-state index contributed by atoms with van der Waals surface area (Å²) in [6.45, 7) is 8.67. The van der Waals surface area contributed by atoms with Crippen molar-refractivity contribution in [2.45, 2.75) is 39.7 Å². The number of aryl methyl sites for hydroxylation is 1. The molecule has 0 saturated heterocycles. The van der Waals surface area contributed by atoms with Gasteiger partial charge in [0.25, 0.3) is 0 Å². The van der Waals surface area contributed by atoms with Crippen LogP contribution < -0.4 is 5.32 Å². The van der Waals surface area contributed by atoms with Gasteiger partial charge in [-0.2, -0.15) is 0 Å². The van der Waals surface area contributed by atoms with Crippen molar-refractivity contribution >= 4 is 11.7 Å². The summed E-state index contributed by atoms with van der Waals surface area (Å²) in [6, 6.07) is 9.88. The number of carbonyl (C=O) groups is 1. The molecule has 0 bridgehead atoms. The molecule has 2 N–H and O–H groups in total. The van der Waals surface area contributed by atoms with Gasteiger partial charge in [0.1, 0.15) is 5.76 Å². The standard InChI is InChI=1S/C17H21NO3/c1-11-9-12(21-15(11)16(19)20)10-18-14-8-6-5-7-13(14)17(2,3)4/h5-9,18H,10H2,1-4H3,(H,19,20). The molecule has 0 aliphatic rings. The van der Waals surface area contributed by atoms with Gasteiger partial charge in [0.2, 0.25) is 5.76 Å². The fourth-order valence-corrected chi connectivity index (χ4v) is 2.32. The minimum absolute atomic E-state index is 0.0101. The predicted octanol–water partition coefficient (Wildman–Crippen LogP) is 4.20. The van der Waals surface area contributed by atoms with Crippen LogP contribution in [0.5, 0.6) is 0 Å². The van der Waals surface area contributed by atoms with Crippen LogP contribution in [0.2, 0.25) is 0 Å². The molecule has 0 atom stereocenters. The van der Waals surface area contributed by atoms with Gasteiger partial charge in [-0.05, 0) is 30.0 Å². The van der Waals surface area contributed by atoms with Gasteiger partial charge < -0.3 is 14.8 Å². The van der Waals surface area contributed by atoms with Crippen molar-refractivity contribution in [1.29, 1.82) is 0 Å². The molecule has 0 aliphatic heterocycles. The summed E-state index contributed by atoms with van der Waals surface area (Å²) in [4.78, 5) is 11.0. The lowest BCUT2D eigenvalue weighted by Crippen LogP contribution is -2.14. The van der Waals surface area contributed by atoms with E-state index in [9.17, 15) is 4.79 Å². The first-order valence-electron chi connectivity index (χ1n) is 6.95. The van der Waals surface area contributed by atoms with Crippen LogP contribution in [0.1, 0.15) is 48.2 Å². The normalized spacial score (nSPS) is 11.4. The number of carboxylic acids is 1. The van der Waals surface area contributed by atoms with Crippen LogP contribution in [-0.2, 0) is 12.0 Å². The van der Waals surface area contributed by atoms with Gasteiger partial charge >= 0.3 is 5.97 Å². The number of para-hydroxylation sites is 1. The highest BCUT2D eigenvalue weighted by Gasteiger charge is 2.18. The number of rotatable bonds is 4. The highest BCUT2D eigenvalue weighted by Crippen LogP contribution is 2.29. The molecule has 0 saturated carbocycles. The Bertz CT molecular complexity index is 650. The van der Waals surface area contributed by atoms with E-state index in [1.165, 1.54) is 5.56 Å². The minimum Gasteiger partial charge on any atom is -0.475 e. The summed E-state index contributed by atoms with van der Waals surface area (Å²) in [7, 11) is 0. The van der Waals surface area contributed by atoms with Crippen molar-refractivity contribution in [3.63, 3.8) is 0 Å². The van der Waals surface area contributed by atoms with E-state index in [0.717, 1.165) is 5.69 Å². The second-order valence-electron chi connectivity index (χ2n) is 6.18. The Morgan fingerprint density at radius 1 is 1.29 bits per heavy atom. The van der Waals surface area contributed by atoms with Crippen LogP contribution in [0.4, 0.5) is 5.69 Å². The van der Waals surface area contributed by atoms with Crippen LogP contribution in [0, 0.1) is 6.92 Å². The molecule has 0 fully saturated rings. The lowest BCUT2D eigenvalue weighted by atomic mass is 9.86. The van der Waals surface area contributed by atoms with Gasteiger partial charge in [-0.1, -0.05) is 39.0 Å². The SMILES string of the molecule is Cc1cc(CNc2ccccc2C(C)(C)C)oc1C(=O)O. The Morgan fingerprint density at radius 3 is 2.52 bits per heavy atom. The van der Waals surface area contributed by atoms with Crippen LogP contribution in [0.25, 0.3) is 0 Å². The minimum atomic E-state index is -1.03. The van der Waals surface area contributed by atoms with Gasteiger partial charge in [-0.3, -0.25) is 0 Å². The largest absolute Gasteiger partial charge is 0.475 e. The number of carboxylic acid groups (broad SMARTS) is 1. The maximum Gasteiger partial charge on any atom is 0.372 e. The maximum atomic E-state index is 11.0. The molecule has 0 spiro atoms. The lowest BCUT2D eigenvalue weighted by Gasteiger charge is -2.23. The molecular formula is C17H21NO3. The van der Waals surface area contributed by atoms with E-state index in [4.69, 9.17) is 9.52 Å². The molecule has 0 amide bonds. The zero-order chi connectivity index (χ0) is 15.6. The average molecular weight is 287 g/mol. The Hall–Kier alpha value is -2.23. The van der Waals surface area contributed by atoms with Crippen LogP contribution >= 0.6 is 0 Å². The Kier molecular flexibility index (Phi) is 4.07. The molecule has 1 heterocycles. The van der Waals surface area contributed by atoms with Gasteiger partial charge in [0.05, 0.1) is 6.54 Å². The summed E-state index contributed by atoms with van der Waals surface area (Å²) in [5.74, 6) is -0.404. The Balaban J connectivity index is 2.18. The molecule has 2 aromatic rings. The first-order valence-corrected chi connectivity index (χ1v) is 6.95. The van der Waals surface area contributed by atoms with Crippen molar-refractivity contribution < 1.29 is 14.3 Å². The van der Waals surface area contributed by atoms with Crippen molar-refractivity contribution in [1.82, 2.24) is 0 Å². The average Bonchev–Trinajstić information content (AvgIpc) is 2.77. The number of aromatic carboxylic acids is 1. The summed E-state index contributed by atoms with van der Waals surface area (Å²) in [6.07, 6.45) is 0. The Morgan fingerprint density at radius 2 is 1.95 bits per heavy atom. The zero-order valence-electron chi connectivity index (χ0n) is 12.9. The van der Waals surface area contributed by atoms with Crippen LogP contribution in [0.3, 0.4) is 0 Å². The quantitative estimate of drug-likeness (QED) is 0.884. The molecule has 21 heavy (non-hydrogen) atoms. The summed E-state index contributed by atoms with van der Waals surface area (Å²) < 4.78 is 5.36. The highest BCUT2D eigenvalue weighted by molar-refractivity contribution is 5.86.